The van der Waals surface area contributed by atoms with Gasteiger partial charge in [0.05, 0.1) is 41.6 Å². The van der Waals surface area contributed by atoms with E-state index < -0.39 is 0 Å². The number of anilines is 1. The minimum absolute atomic E-state index is 0.110. The average Bonchev–Trinajstić information content (AvgIpc) is 3.14. The first-order valence-corrected chi connectivity index (χ1v) is 11.3. The number of carbonyl (C=O) groups is 2. The first kappa shape index (κ1) is 23.9. The molecule has 2 amide bonds. The summed E-state index contributed by atoms with van der Waals surface area (Å²) in [6, 6.07) is 12.3. The van der Waals surface area contributed by atoms with Crippen LogP contribution in [0.5, 0.6) is 5.75 Å². The molecule has 11 heteroatoms. The highest BCUT2D eigenvalue weighted by Gasteiger charge is 2.14. The first-order valence-electron chi connectivity index (χ1n) is 9.52. The maximum atomic E-state index is 12.2. The molecule has 168 valence electrons. The Balaban J connectivity index is 1.48. The summed E-state index contributed by atoms with van der Waals surface area (Å²) < 4.78 is 6.85. The molecule has 0 saturated heterocycles. The molecule has 0 fully saturated rings. The molecule has 0 aliphatic heterocycles. The van der Waals surface area contributed by atoms with Crippen molar-refractivity contribution >= 4 is 52.5 Å². The zero-order valence-electron chi connectivity index (χ0n) is 17.4. The highest BCUT2D eigenvalue weighted by molar-refractivity contribution is 7.99. The number of nitrogens with one attached hydrogen (secondary N) is 2. The van der Waals surface area contributed by atoms with Crippen molar-refractivity contribution in [3.05, 3.63) is 63.9 Å². The Kier molecular flexibility index (Phi) is 8.38. The smallest absolute Gasteiger partial charge is 0.234 e. The van der Waals surface area contributed by atoms with E-state index in [1.807, 2.05) is 24.3 Å². The van der Waals surface area contributed by atoms with E-state index in [9.17, 15) is 9.59 Å². The van der Waals surface area contributed by atoms with E-state index in [-0.39, 0.29) is 30.5 Å². The lowest BCUT2D eigenvalue weighted by Crippen LogP contribution is -2.26. The van der Waals surface area contributed by atoms with Gasteiger partial charge in [-0.2, -0.15) is 0 Å². The molecule has 0 bridgehead atoms. The number of rotatable bonds is 9. The molecular weight excluding hydrogens is 473 g/mol. The van der Waals surface area contributed by atoms with Gasteiger partial charge in [0.25, 0.3) is 0 Å². The summed E-state index contributed by atoms with van der Waals surface area (Å²) in [7, 11) is 3.37. The number of ether oxygens (including phenoxy) is 1. The first-order chi connectivity index (χ1) is 15.4. The van der Waals surface area contributed by atoms with Gasteiger partial charge >= 0.3 is 0 Å². The Hall–Kier alpha value is -2.75. The van der Waals surface area contributed by atoms with Gasteiger partial charge in [-0.15, -0.1) is 10.2 Å². The number of hydrogen-bond donors (Lipinski definition) is 2. The van der Waals surface area contributed by atoms with E-state index in [1.165, 1.54) is 11.8 Å². The van der Waals surface area contributed by atoms with E-state index in [0.29, 0.717) is 26.7 Å². The fourth-order valence-corrected chi connectivity index (χ4v) is 3.79. The third-order valence-corrected chi connectivity index (χ3v) is 6.29. The zero-order valence-corrected chi connectivity index (χ0v) is 19.7. The van der Waals surface area contributed by atoms with Gasteiger partial charge in [-0.25, -0.2) is 0 Å². The van der Waals surface area contributed by atoms with Crippen molar-refractivity contribution < 1.29 is 14.3 Å². The number of halogens is 2. The van der Waals surface area contributed by atoms with E-state index in [2.05, 4.69) is 20.8 Å². The van der Waals surface area contributed by atoms with E-state index >= 15 is 0 Å². The minimum atomic E-state index is -0.253. The van der Waals surface area contributed by atoms with Crippen LogP contribution in [0.15, 0.2) is 47.6 Å². The SMILES string of the molecule is COc1ccc(CC(=O)NCc2nnc(SCC(=O)Nc3cccc(Cl)c3Cl)n2C)cc1. The Labute approximate surface area is 199 Å². The number of thioether (sulfide) groups is 1. The molecule has 0 aliphatic carbocycles. The van der Waals surface area contributed by atoms with Crippen molar-refractivity contribution in [2.24, 2.45) is 7.05 Å². The largest absolute Gasteiger partial charge is 0.497 e. The maximum absolute atomic E-state index is 12.2. The molecule has 2 N–H and O–H groups in total. The van der Waals surface area contributed by atoms with E-state index in [4.69, 9.17) is 27.9 Å². The fraction of sp³-hybridized carbons (Fsp3) is 0.238. The van der Waals surface area contributed by atoms with Crippen LogP contribution < -0.4 is 15.4 Å². The normalized spacial score (nSPS) is 10.6. The quantitative estimate of drug-likeness (QED) is 0.440. The van der Waals surface area contributed by atoms with Crippen LogP contribution in [0.2, 0.25) is 10.0 Å². The van der Waals surface area contributed by atoms with Crippen LogP contribution in [-0.4, -0.2) is 39.4 Å². The molecule has 8 nitrogen and oxygen atoms in total. The average molecular weight is 494 g/mol. The standard InChI is InChI=1S/C21H21Cl2N5O3S/c1-28-17(11-24-18(29)10-13-6-8-14(31-2)9-7-13)26-27-21(28)32-12-19(30)25-16-5-3-4-15(22)20(16)23/h3-9H,10-12H2,1-2H3,(H,24,29)(H,25,30). The lowest BCUT2D eigenvalue weighted by molar-refractivity contribution is -0.120. The van der Waals surface area contributed by atoms with E-state index in [1.54, 1.807) is 36.9 Å². The van der Waals surface area contributed by atoms with Crippen molar-refractivity contribution in [1.82, 2.24) is 20.1 Å². The predicted octanol–water partition coefficient (Wildman–Crippen LogP) is 3.72. The third kappa shape index (κ3) is 6.38. The Bertz CT molecular complexity index is 1110. The van der Waals surface area contributed by atoms with Crippen molar-refractivity contribution in [3.8, 4) is 5.75 Å². The molecule has 0 atom stereocenters. The van der Waals surface area contributed by atoms with Gasteiger partial charge in [0.2, 0.25) is 11.8 Å². The second-order valence-electron chi connectivity index (χ2n) is 6.70. The van der Waals surface area contributed by atoms with Crippen LogP contribution in [0.1, 0.15) is 11.4 Å². The lowest BCUT2D eigenvalue weighted by Gasteiger charge is -2.08. The number of hydrogen-bond acceptors (Lipinski definition) is 6. The van der Waals surface area contributed by atoms with Crippen molar-refractivity contribution in [2.45, 2.75) is 18.1 Å². The highest BCUT2D eigenvalue weighted by Crippen LogP contribution is 2.29. The van der Waals surface area contributed by atoms with Crippen LogP contribution in [0.3, 0.4) is 0 Å². The summed E-state index contributed by atoms with van der Waals surface area (Å²) in [5.74, 6) is 1.04. The zero-order chi connectivity index (χ0) is 23.1. The van der Waals surface area contributed by atoms with Crippen molar-refractivity contribution in [1.29, 1.82) is 0 Å². The summed E-state index contributed by atoms with van der Waals surface area (Å²) in [5, 5.41) is 14.9. The van der Waals surface area contributed by atoms with Crippen LogP contribution >= 0.6 is 35.0 Å². The van der Waals surface area contributed by atoms with Crippen molar-refractivity contribution in [3.63, 3.8) is 0 Å². The molecular formula is C21H21Cl2N5O3S. The molecule has 0 radical (unpaired) electrons. The van der Waals surface area contributed by atoms with Gasteiger partial charge in [0.15, 0.2) is 11.0 Å². The van der Waals surface area contributed by atoms with Crippen molar-refractivity contribution in [2.75, 3.05) is 18.2 Å². The number of aromatic nitrogens is 3. The monoisotopic (exact) mass is 493 g/mol. The summed E-state index contributed by atoms with van der Waals surface area (Å²) >= 11 is 13.3. The third-order valence-electron chi connectivity index (χ3n) is 4.45. The van der Waals surface area contributed by atoms with Crippen LogP contribution in [0.4, 0.5) is 5.69 Å². The lowest BCUT2D eigenvalue weighted by atomic mass is 10.1. The molecule has 0 unspecified atom stereocenters. The van der Waals surface area contributed by atoms with Gasteiger partial charge in [0.1, 0.15) is 5.75 Å². The van der Waals surface area contributed by atoms with Gasteiger partial charge in [-0.3, -0.25) is 9.59 Å². The Morgan fingerprint density at radius 1 is 1.09 bits per heavy atom. The van der Waals surface area contributed by atoms with Crippen LogP contribution in [0, 0.1) is 0 Å². The van der Waals surface area contributed by atoms with Gasteiger partial charge < -0.3 is 19.9 Å². The van der Waals surface area contributed by atoms with Gasteiger partial charge in [0, 0.05) is 7.05 Å². The number of methoxy groups -OCH3 is 1. The summed E-state index contributed by atoms with van der Waals surface area (Å²) in [5.41, 5.74) is 1.33. The molecule has 0 aliphatic rings. The molecule has 1 aromatic heterocycles. The topological polar surface area (TPSA) is 98.1 Å². The second-order valence-corrected chi connectivity index (χ2v) is 8.43. The molecule has 0 saturated carbocycles. The Morgan fingerprint density at radius 3 is 2.56 bits per heavy atom. The number of carbonyl (C=O) groups excluding carboxylic acids is 2. The van der Waals surface area contributed by atoms with Gasteiger partial charge in [-0.1, -0.05) is 53.2 Å². The summed E-state index contributed by atoms with van der Waals surface area (Å²) in [6.45, 7) is 0.226. The van der Waals surface area contributed by atoms with Gasteiger partial charge in [-0.05, 0) is 29.8 Å². The summed E-state index contributed by atoms with van der Waals surface area (Å²) in [6.07, 6.45) is 0.246. The Morgan fingerprint density at radius 2 is 1.84 bits per heavy atom. The number of nitrogens with zero attached hydrogens (tertiary/aromatic N) is 3. The number of benzene rings is 2. The molecule has 1 heterocycles. The number of amides is 2. The van der Waals surface area contributed by atoms with E-state index in [0.717, 1.165) is 11.3 Å². The maximum Gasteiger partial charge on any atom is 0.234 e. The highest BCUT2D eigenvalue weighted by atomic mass is 35.5. The molecule has 32 heavy (non-hydrogen) atoms. The molecule has 3 rings (SSSR count). The predicted molar refractivity (Wildman–Crippen MR) is 125 cm³/mol. The molecule has 0 spiro atoms. The van der Waals surface area contributed by atoms with Crippen LogP contribution in [0.25, 0.3) is 0 Å². The fourth-order valence-electron chi connectivity index (χ4n) is 2.71. The molecule has 3 aromatic rings. The van der Waals surface area contributed by atoms with Crippen LogP contribution in [-0.2, 0) is 29.6 Å². The summed E-state index contributed by atoms with van der Waals surface area (Å²) in [4.78, 5) is 24.5. The second kappa shape index (κ2) is 11.2. The molecule has 2 aromatic carbocycles. The minimum Gasteiger partial charge on any atom is -0.497 e.